The second kappa shape index (κ2) is 5.47. The molecule has 2 rings (SSSR count). The maximum absolute atomic E-state index is 12.7. The highest BCUT2D eigenvalue weighted by Gasteiger charge is 2.43. The van der Waals surface area contributed by atoms with Crippen LogP contribution >= 0.6 is 11.8 Å². The van der Waals surface area contributed by atoms with Gasteiger partial charge in [0.05, 0.1) is 16.6 Å². The smallest absolute Gasteiger partial charge is 0.327 e. The van der Waals surface area contributed by atoms with Gasteiger partial charge in [0.1, 0.15) is 6.04 Å². The number of rotatable bonds is 3. The van der Waals surface area contributed by atoms with Crippen molar-refractivity contribution in [3.05, 3.63) is 17.5 Å². The van der Waals surface area contributed by atoms with Crippen molar-refractivity contribution in [2.24, 2.45) is 13.0 Å². The van der Waals surface area contributed by atoms with Crippen LogP contribution < -0.4 is 0 Å². The fraction of sp³-hybridized carbons (Fsp3) is 0.615. The minimum atomic E-state index is -0.949. The second-order valence-corrected chi connectivity index (χ2v) is 6.49. The zero-order chi connectivity index (χ0) is 15.0. The molecular formula is C13H19N3O3S. The molecule has 1 aliphatic heterocycles. The summed E-state index contributed by atoms with van der Waals surface area (Å²) in [7, 11) is 1.75. The van der Waals surface area contributed by atoms with Crippen LogP contribution in [-0.4, -0.2) is 48.8 Å². The number of nitrogens with zero attached hydrogens (tertiary/aromatic N) is 3. The number of aromatic nitrogens is 2. The average Bonchev–Trinajstić information content (AvgIpc) is 2.91. The van der Waals surface area contributed by atoms with E-state index in [2.05, 4.69) is 5.10 Å². The van der Waals surface area contributed by atoms with E-state index >= 15 is 0 Å². The van der Waals surface area contributed by atoms with E-state index in [0.717, 1.165) is 0 Å². The summed E-state index contributed by atoms with van der Waals surface area (Å²) in [5.41, 5.74) is 1.10. The van der Waals surface area contributed by atoms with Crippen molar-refractivity contribution in [2.45, 2.75) is 32.2 Å². The number of carboxylic acid groups (broad SMARTS) is 1. The van der Waals surface area contributed by atoms with Gasteiger partial charge in [0.15, 0.2) is 0 Å². The Kier molecular flexibility index (Phi) is 4.08. The Balaban J connectivity index is 2.37. The first-order valence-electron chi connectivity index (χ1n) is 6.50. The van der Waals surface area contributed by atoms with Crippen LogP contribution in [0.15, 0.2) is 6.20 Å². The SMILES string of the molecule is Cc1nn(C)cc1C(=O)N1C(C(=O)O)CSC1C(C)C. The molecule has 2 heterocycles. The van der Waals surface area contributed by atoms with E-state index in [9.17, 15) is 14.7 Å². The first kappa shape index (κ1) is 14.9. The van der Waals surface area contributed by atoms with Crippen molar-refractivity contribution in [3.63, 3.8) is 0 Å². The van der Waals surface area contributed by atoms with Gasteiger partial charge in [0.25, 0.3) is 5.91 Å². The van der Waals surface area contributed by atoms with Gasteiger partial charge in [-0.2, -0.15) is 5.10 Å². The van der Waals surface area contributed by atoms with Gasteiger partial charge in [-0.15, -0.1) is 11.8 Å². The number of carboxylic acids is 1. The number of amides is 1. The fourth-order valence-electron chi connectivity index (χ4n) is 2.44. The van der Waals surface area contributed by atoms with E-state index in [1.54, 1.807) is 24.9 Å². The van der Waals surface area contributed by atoms with Gasteiger partial charge in [-0.3, -0.25) is 9.48 Å². The second-order valence-electron chi connectivity index (χ2n) is 5.34. The van der Waals surface area contributed by atoms with E-state index in [-0.39, 0.29) is 17.2 Å². The van der Waals surface area contributed by atoms with Crippen molar-refractivity contribution in [3.8, 4) is 0 Å². The molecule has 0 aromatic carbocycles. The number of hydrogen-bond donors (Lipinski definition) is 1. The van der Waals surface area contributed by atoms with Crippen LogP contribution in [0.2, 0.25) is 0 Å². The monoisotopic (exact) mass is 297 g/mol. The maximum Gasteiger partial charge on any atom is 0.327 e. The largest absolute Gasteiger partial charge is 0.480 e. The number of carbonyl (C=O) groups excluding carboxylic acids is 1. The molecule has 6 nitrogen and oxygen atoms in total. The molecule has 1 N–H and O–H groups in total. The number of aryl methyl sites for hydroxylation is 2. The number of hydrogen-bond acceptors (Lipinski definition) is 4. The van der Waals surface area contributed by atoms with Crippen LogP contribution in [0.1, 0.15) is 29.9 Å². The summed E-state index contributed by atoms with van der Waals surface area (Å²) in [5, 5.41) is 13.4. The average molecular weight is 297 g/mol. The lowest BCUT2D eigenvalue weighted by Gasteiger charge is -2.29. The zero-order valence-electron chi connectivity index (χ0n) is 12.0. The van der Waals surface area contributed by atoms with Crippen LogP contribution in [0.4, 0.5) is 0 Å². The van der Waals surface area contributed by atoms with Crippen molar-refractivity contribution in [1.29, 1.82) is 0 Å². The molecule has 1 fully saturated rings. The van der Waals surface area contributed by atoms with E-state index in [4.69, 9.17) is 0 Å². The van der Waals surface area contributed by atoms with E-state index in [1.165, 1.54) is 16.7 Å². The minimum absolute atomic E-state index is 0.108. The molecule has 1 amide bonds. The molecule has 110 valence electrons. The lowest BCUT2D eigenvalue weighted by atomic mass is 10.1. The standard InChI is InChI=1S/C13H19N3O3S/c1-7(2)12-16(10(6-20-12)13(18)19)11(17)9-5-15(4)14-8(9)3/h5,7,10,12H,6H2,1-4H3,(H,18,19). The Morgan fingerprint density at radius 1 is 1.50 bits per heavy atom. The van der Waals surface area contributed by atoms with Gasteiger partial charge in [-0.25, -0.2) is 4.79 Å². The van der Waals surface area contributed by atoms with Crippen LogP contribution in [0.5, 0.6) is 0 Å². The van der Waals surface area contributed by atoms with Crippen LogP contribution in [0.25, 0.3) is 0 Å². The lowest BCUT2D eigenvalue weighted by molar-refractivity contribution is -0.141. The highest BCUT2D eigenvalue weighted by Crippen LogP contribution is 2.35. The Morgan fingerprint density at radius 2 is 2.15 bits per heavy atom. The van der Waals surface area contributed by atoms with Crippen molar-refractivity contribution in [2.75, 3.05) is 5.75 Å². The highest BCUT2D eigenvalue weighted by atomic mass is 32.2. The Morgan fingerprint density at radius 3 is 2.60 bits per heavy atom. The molecule has 1 saturated heterocycles. The summed E-state index contributed by atoms with van der Waals surface area (Å²) >= 11 is 1.53. The van der Waals surface area contributed by atoms with E-state index in [1.807, 2.05) is 13.8 Å². The molecule has 0 saturated carbocycles. The third-order valence-electron chi connectivity index (χ3n) is 3.37. The molecular weight excluding hydrogens is 278 g/mol. The number of aliphatic carboxylic acids is 1. The number of thioether (sulfide) groups is 1. The Hall–Kier alpha value is -1.50. The lowest BCUT2D eigenvalue weighted by Crippen LogP contribution is -2.47. The Labute approximate surface area is 122 Å². The van der Waals surface area contributed by atoms with Gasteiger partial charge >= 0.3 is 5.97 Å². The van der Waals surface area contributed by atoms with Crippen LogP contribution in [-0.2, 0) is 11.8 Å². The summed E-state index contributed by atoms with van der Waals surface area (Å²) in [5.74, 6) is -0.559. The quantitative estimate of drug-likeness (QED) is 0.911. The molecule has 2 atom stereocenters. The summed E-state index contributed by atoms with van der Waals surface area (Å²) < 4.78 is 1.58. The summed E-state index contributed by atoms with van der Waals surface area (Å²) in [6.07, 6.45) is 1.65. The topological polar surface area (TPSA) is 75.4 Å². The zero-order valence-corrected chi connectivity index (χ0v) is 12.8. The van der Waals surface area contributed by atoms with Crippen molar-refractivity contribution in [1.82, 2.24) is 14.7 Å². The van der Waals surface area contributed by atoms with E-state index in [0.29, 0.717) is 17.0 Å². The van der Waals surface area contributed by atoms with Crippen molar-refractivity contribution >= 4 is 23.6 Å². The predicted molar refractivity (Wildman–Crippen MR) is 76.6 cm³/mol. The van der Waals surface area contributed by atoms with Crippen molar-refractivity contribution < 1.29 is 14.7 Å². The summed E-state index contributed by atoms with van der Waals surface area (Å²) in [6, 6.07) is -0.764. The highest BCUT2D eigenvalue weighted by molar-refractivity contribution is 8.00. The summed E-state index contributed by atoms with van der Waals surface area (Å²) in [4.78, 5) is 25.6. The van der Waals surface area contributed by atoms with Crippen LogP contribution in [0.3, 0.4) is 0 Å². The number of carbonyl (C=O) groups is 2. The molecule has 1 aromatic heterocycles. The molecule has 0 bridgehead atoms. The molecule has 1 aliphatic rings. The molecule has 0 spiro atoms. The maximum atomic E-state index is 12.7. The van der Waals surface area contributed by atoms with E-state index < -0.39 is 12.0 Å². The predicted octanol–water partition coefficient (Wildman–Crippen LogP) is 1.35. The van der Waals surface area contributed by atoms with Gasteiger partial charge in [0.2, 0.25) is 0 Å². The normalized spacial score (nSPS) is 22.6. The molecule has 20 heavy (non-hydrogen) atoms. The van der Waals surface area contributed by atoms with Crippen LogP contribution in [0, 0.1) is 12.8 Å². The third-order valence-corrected chi connectivity index (χ3v) is 4.99. The summed E-state index contributed by atoms with van der Waals surface area (Å²) in [6.45, 7) is 5.76. The van der Waals surface area contributed by atoms with Gasteiger partial charge in [0, 0.05) is 19.0 Å². The van der Waals surface area contributed by atoms with Gasteiger partial charge < -0.3 is 10.0 Å². The molecule has 1 aromatic rings. The molecule has 0 radical (unpaired) electrons. The molecule has 2 unspecified atom stereocenters. The first-order chi connectivity index (χ1) is 9.32. The Bertz CT molecular complexity index is 541. The van der Waals surface area contributed by atoms with Gasteiger partial charge in [-0.05, 0) is 12.8 Å². The minimum Gasteiger partial charge on any atom is -0.480 e. The third kappa shape index (κ3) is 2.54. The van der Waals surface area contributed by atoms with Gasteiger partial charge in [-0.1, -0.05) is 13.8 Å². The molecule has 0 aliphatic carbocycles. The first-order valence-corrected chi connectivity index (χ1v) is 7.55. The molecule has 7 heteroatoms. The fourth-order valence-corrected chi connectivity index (χ4v) is 3.91.